The summed E-state index contributed by atoms with van der Waals surface area (Å²) in [4.78, 5) is 2.16. The van der Waals surface area contributed by atoms with E-state index in [1.807, 2.05) is 37.3 Å². The third kappa shape index (κ3) is 7.01. The van der Waals surface area contributed by atoms with E-state index in [0.29, 0.717) is 37.9 Å². The molecule has 4 rings (SSSR count). The van der Waals surface area contributed by atoms with Crippen LogP contribution in [0.5, 0.6) is 11.6 Å². The molecule has 0 bridgehead atoms. The minimum Gasteiger partial charge on any atom is -0.439 e. The van der Waals surface area contributed by atoms with Gasteiger partial charge in [0.15, 0.2) is 0 Å². The summed E-state index contributed by atoms with van der Waals surface area (Å²) in [6.07, 6.45) is 3.13. The van der Waals surface area contributed by atoms with Crippen LogP contribution in [-0.4, -0.2) is 64.9 Å². The van der Waals surface area contributed by atoms with Crippen molar-refractivity contribution < 1.29 is 23.7 Å². The monoisotopic (exact) mass is 495 g/mol. The van der Waals surface area contributed by atoms with Gasteiger partial charge in [-0.2, -0.15) is 5.10 Å². The number of halogens is 1. The van der Waals surface area contributed by atoms with Gasteiger partial charge in [-0.15, -0.1) is 6.58 Å². The van der Waals surface area contributed by atoms with Gasteiger partial charge in [0.2, 0.25) is 5.88 Å². The Labute approximate surface area is 211 Å². The standard InChI is InChI=1S/C28H34FN3O4/c1-3-15-34-20-24(33)17-31(18-26-10-7-16-35-26)19-27-21(2)30-32(23-8-5-4-6-9-23)28(27)36-25-13-11-22(29)12-14-25/h3-6,8-9,11-14,24,26,33H,1,7,10,15-20H2,2H3. The molecule has 0 saturated carbocycles. The highest BCUT2D eigenvalue weighted by molar-refractivity contribution is 5.43. The zero-order valence-corrected chi connectivity index (χ0v) is 20.7. The highest BCUT2D eigenvalue weighted by atomic mass is 19.1. The Balaban J connectivity index is 1.63. The number of nitrogens with zero attached hydrogens (tertiary/aromatic N) is 3. The van der Waals surface area contributed by atoms with Crippen molar-refractivity contribution >= 4 is 0 Å². The lowest BCUT2D eigenvalue weighted by Crippen LogP contribution is -2.39. The number of rotatable bonds is 13. The quantitative estimate of drug-likeness (QED) is 0.275. The molecule has 3 aromatic rings. The third-order valence-electron chi connectivity index (χ3n) is 6.05. The maximum Gasteiger partial charge on any atom is 0.227 e. The largest absolute Gasteiger partial charge is 0.439 e. The lowest BCUT2D eigenvalue weighted by Gasteiger charge is -2.27. The van der Waals surface area contributed by atoms with E-state index in [1.165, 1.54) is 12.1 Å². The molecule has 0 aliphatic carbocycles. The second kappa shape index (κ2) is 12.8. The van der Waals surface area contributed by atoms with Gasteiger partial charge in [-0.3, -0.25) is 4.90 Å². The summed E-state index contributed by atoms with van der Waals surface area (Å²) >= 11 is 0. The van der Waals surface area contributed by atoms with Gasteiger partial charge in [-0.25, -0.2) is 9.07 Å². The Morgan fingerprint density at radius 3 is 2.72 bits per heavy atom. The van der Waals surface area contributed by atoms with Crippen molar-refractivity contribution in [2.75, 3.05) is 32.9 Å². The summed E-state index contributed by atoms with van der Waals surface area (Å²) in [5.74, 6) is 0.740. The molecule has 1 N–H and O–H groups in total. The van der Waals surface area contributed by atoms with Gasteiger partial charge < -0.3 is 19.3 Å². The van der Waals surface area contributed by atoms with Crippen molar-refractivity contribution in [3.63, 3.8) is 0 Å². The molecule has 2 heterocycles. The lowest BCUT2D eigenvalue weighted by atomic mass is 10.1. The van der Waals surface area contributed by atoms with Crippen molar-refractivity contribution in [2.24, 2.45) is 0 Å². The summed E-state index contributed by atoms with van der Waals surface area (Å²) in [5, 5.41) is 15.4. The van der Waals surface area contributed by atoms with E-state index < -0.39 is 6.10 Å². The van der Waals surface area contributed by atoms with Gasteiger partial charge in [0.25, 0.3) is 0 Å². The molecule has 2 aromatic carbocycles. The molecule has 0 amide bonds. The number of hydrogen-bond acceptors (Lipinski definition) is 6. The fourth-order valence-electron chi connectivity index (χ4n) is 4.33. The minimum atomic E-state index is -0.669. The number of para-hydroxylation sites is 1. The van der Waals surface area contributed by atoms with Crippen LogP contribution in [0.3, 0.4) is 0 Å². The van der Waals surface area contributed by atoms with Crippen LogP contribution in [0.25, 0.3) is 5.69 Å². The van der Waals surface area contributed by atoms with E-state index in [9.17, 15) is 9.50 Å². The second-order valence-electron chi connectivity index (χ2n) is 8.98. The normalized spacial score (nSPS) is 16.4. The summed E-state index contributed by atoms with van der Waals surface area (Å²) in [7, 11) is 0. The highest BCUT2D eigenvalue weighted by Crippen LogP contribution is 2.32. The van der Waals surface area contributed by atoms with Crippen LogP contribution < -0.4 is 4.74 Å². The predicted molar refractivity (Wildman–Crippen MR) is 136 cm³/mol. The first-order chi connectivity index (χ1) is 17.5. The minimum absolute atomic E-state index is 0.109. The van der Waals surface area contributed by atoms with Crippen molar-refractivity contribution in [2.45, 2.75) is 38.5 Å². The van der Waals surface area contributed by atoms with Gasteiger partial charge in [0, 0.05) is 26.2 Å². The summed E-state index contributed by atoms with van der Waals surface area (Å²) in [6, 6.07) is 15.7. The molecular formula is C28H34FN3O4. The molecule has 1 aromatic heterocycles. The smallest absolute Gasteiger partial charge is 0.227 e. The van der Waals surface area contributed by atoms with Crippen LogP contribution in [0.1, 0.15) is 24.1 Å². The first-order valence-electron chi connectivity index (χ1n) is 12.3. The van der Waals surface area contributed by atoms with Gasteiger partial charge in [0.05, 0.1) is 42.4 Å². The Morgan fingerprint density at radius 2 is 2.03 bits per heavy atom. The zero-order valence-electron chi connectivity index (χ0n) is 20.7. The van der Waals surface area contributed by atoms with Crippen LogP contribution in [-0.2, 0) is 16.0 Å². The Morgan fingerprint density at radius 1 is 1.25 bits per heavy atom. The van der Waals surface area contributed by atoms with E-state index in [4.69, 9.17) is 19.3 Å². The predicted octanol–water partition coefficient (Wildman–Crippen LogP) is 4.66. The fraction of sp³-hybridized carbons (Fsp3) is 0.393. The lowest BCUT2D eigenvalue weighted by molar-refractivity contribution is 0.00836. The Kier molecular flexibility index (Phi) is 9.24. The average Bonchev–Trinajstić information content (AvgIpc) is 3.49. The molecular weight excluding hydrogens is 461 g/mol. The molecule has 0 spiro atoms. The summed E-state index contributed by atoms with van der Waals surface area (Å²) < 4.78 is 32.9. The number of aryl methyl sites for hydroxylation is 1. The molecule has 7 nitrogen and oxygen atoms in total. The SMILES string of the molecule is C=CCOCC(O)CN(Cc1c(C)nn(-c2ccccc2)c1Oc1ccc(F)cc1)CC1CCCO1. The molecule has 1 saturated heterocycles. The molecule has 8 heteroatoms. The van der Waals surface area contributed by atoms with E-state index in [2.05, 4.69) is 11.5 Å². The molecule has 192 valence electrons. The van der Waals surface area contributed by atoms with Crippen LogP contribution in [0, 0.1) is 12.7 Å². The van der Waals surface area contributed by atoms with Gasteiger partial charge >= 0.3 is 0 Å². The average molecular weight is 496 g/mol. The van der Waals surface area contributed by atoms with E-state index in [1.54, 1.807) is 22.9 Å². The third-order valence-corrected chi connectivity index (χ3v) is 6.05. The van der Waals surface area contributed by atoms with Crippen LogP contribution in [0.15, 0.2) is 67.3 Å². The Bertz CT molecular complexity index is 1100. The topological polar surface area (TPSA) is 69.0 Å². The second-order valence-corrected chi connectivity index (χ2v) is 8.98. The molecule has 1 fully saturated rings. The van der Waals surface area contributed by atoms with Crippen molar-refractivity contribution in [3.8, 4) is 17.3 Å². The molecule has 0 radical (unpaired) electrons. The van der Waals surface area contributed by atoms with E-state index in [-0.39, 0.29) is 18.5 Å². The van der Waals surface area contributed by atoms with Crippen molar-refractivity contribution in [1.82, 2.24) is 14.7 Å². The summed E-state index contributed by atoms with van der Waals surface area (Å²) in [6.45, 7) is 8.53. The fourth-order valence-corrected chi connectivity index (χ4v) is 4.33. The Hall–Kier alpha value is -3.04. The molecule has 1 aliphatic heterocycles. The molecule has 36 heavy (non-hydrogen) atoms. The number of hydrogen-bond donors (Lipinski definition) is 1. The molecule has 2 atom stereocenters. The number of benzene rings is 2. The summed E-state index contributed by atoms with van der Waals surface area (Å²) in [5.41, 5.74) is 2.55. The number of aliphatic hydroxyl groups excluding tert-OH is 1. The van der Waals surface area contributed by atoms with E-state index >= 15 is 0 Å². The highest BCUT2D eigenvalue weighted by Gasteiger charge is 2.26. The maximum absolute atomic E-state index is 13.5. The first kappa shape index (κ1) is 26.0. The number of ether oxygens (including phenoxy) is 3. The first-order valence-corrected chi connectivity index (χ1v) is 12.3. The van der Waals surface area contributed by atoms with Crippen molar-refractivity contribution in [3.05, 3.63) is 84.3 Å². The van der Waals surface area contributed by atoms with Crippen molar-refractivity contribution in [1.29, 1.82) is 0 Å². The van der Waals surface area contributed by atoms with Gasteiger partial charge in [0.1, 0.15) is 11.6 Å². The maximum atomic E-state index is 13.5. The van der Waals surface area contributed by atoms with Crippen LogP contribution in [0.4, 0.5) is 4.39 Å². The van der Waals surface area contributed by atoms with Crippen LogP contribution >= 0.6 is 0 Å². The zero-order chi connectivity index (χ0) is 25.3. The molecule has 1 aliphatic rings. The van der Waals surface area contributed by atoms with Crippen LogP contribution in [0.2, 0.25) is 0 Å². The number of aromatic nitrogens is 2. The number of aliphatic hydroxyl groups is 1. The van der Waals surface area contributed by atoms with E-state index in [0.717, 1.165) is 36.4 Å². The molecule has 2 unspecified atom stereocenters. The van der Waals surface area contributed by atoms with Gasteiger partial charge in [-0.05, 0) is 56.2 Å². The van der Waals surface area contributed by atoms with Gasteiger partial charge in [-0.1, -0.05) is 24.3 Å².